The first kappa shape index (κ1) is 27.9. The van der Waals surface area contributed by atoms with E-state index in [1.807, 2.05) is 12.1 Å². The second-order valence-corrected chi connectivity index (χ2v) is 8.63. The lowest BCUT2D eigenvalue weighted by molar-refractivity contribution is -0.129. The van der Waals surface area contributed by atoms with Gasteiger partial charge < -0.3 is 30.5 Å². The van der Waals surface area contributed by atoms with Crippen LogP contribution in [0, 0.1) is 11.8 Å². The Morgan fingerprint density at radius 1 is 1.19 bits per heavy atom. The van der Waals surface area contributed by atoms with Gasteiger partial charge in [-0.25, -0.2) is 0 Å². The summed E-state index contributed by atoms with van der Waals surface area (Å²) in [5.74, 6) is 0.569. The highest BCUT2D eigenvalue weighted by atomic mass is 16.5. The number of aliphatic hydroxyl groups is 1. The van der Waals surface area contributed by atoms with Crippen LogP contribution in [-0.4, -0.2) is 74.4 Å². The highest BCUT2D eigenvalue weighted by Crippen LogP contribution is 2.20. The van der Waals surface area contributed by atoms with Crippen molar-refractivity contribution in [2.75, 3.05) is 40.5 Å². The van der Waals surface area contributed by atoms with E-state index in [1.165, 1.54) is 11.8 Å². The summed E-state index contributed by atoms with van der Waals surface area (Å²) in [5, 5.41) is 13.4. The summed E-state index contributed by atoms with van der Waals surface area (Å²) in [6, 6.07) is 6.70. The molecule has 3 unspecified atom stereocenters. The molecular formula is C24H41N3O5. The van der Waals surface area contributed by atoms with Crippen molar-refractivity contribution in [3.8, 4) is 5.75 Å². The van der Waals surface area contributed by atoms with Crippen molar-refractivity contribution < 1.29 is 24.2 Å². The molecule has 2 amide bonds. The van der Waals surface area contributed by atoms with Gasteiger partial charge in [0.05, 0.1) is 18.3 Å². The highest BCUT2D eigenvalue weighted by molar-refractivity contribution is 5.96. The third-order valence-corrected chi connectivity index (χ3v) is 5.67. The highest BCUT2D eigenvalue weighted by Gasteiger charge is 2.24. The van der Waals surface area contributed by atoms with Crippen LogP contribution in [0.1, 0.15) is 50.4 Å². The van der Waals surface area contributed by atoms with E-state index in [-0.39, 0.29) is 30.2 Å². The zero-order valence-electron chi connectivity index (χ0n) is 20.2. The number of amides is 2. The minimum atomic E-state index is -0.826. The molecule has 0 aliphatic carbocycles. The predicted molar refractivity (Wildman–Crippen MR) is 126 cm³/mol. The first-order valence-corrected chi connectivity index (χ1v) is 11.3. The molecule has 4 N–H and O–H groups in total. The van der Waals surface area contributed by atoms with Crippen LogP contribution in [0.5, 0.6) is 5.75 Å². The quantitative estimate of drug-likeness (QED) is 0.352. The number of rotatable bonds is 15. The third-order valence-electron chi connectivity index (χ3n) is 5.67. The van der Waals surface area contributed by atoms with Gasteiger partial charge >= 0.3 is 0 Å². The van der Waals surface area contributed by atoms with Crippen molar-refractivity contribution in [3.63, 3.8) is 0 Å². The average molecular weight is 452 g/mol. The van der Waals surface area contributed by atoms with Crippen LogP contribution in [0.2, 0.25) is 0 Å². The van der Waals surface area contributed by atoms with Gasteiger partial charge in [0.1, 0.15) is 5.75 Å². The molecule has 0 saturated carbocycles. The van der Waals surface area contributed by atoms with Crippen LogP contribution in [0.3, 0.4) is 0 Å². The van der Waals surface area contributed by atoms with Crippen LogP contribution in [0.4, 0.5) is 0 Å². The number of carbonyl (C=O) groups is 2. The zero-order valence-corrected chi connectivity index (χ0v) is 20.2. The second-order valence-electron chi connectivity index (χ2n) is 8.63. The van der Waals surface area contributed by atoms with Crippen molar-refractivity contribution >= 4 is 11.8 Å². The Kier molecular flexibility index (Phi) is 12.9. The number of aliphatic hydroxyl groups excluding tert-OH is 1. The van der Waals surface area contributed by atoms with Gasteiger partial charge in [-0.1, -0.05) is 26.0 Å². The number of unbranched alkanes of at least 4 members (excludes halogenated alkanes) is 1. The van der Waals surface area contributed by atoms with E-state index in [1.54, 1.807) is 26.3 Å². The summed E-state index contributed by atoms with van der Waals surface area (Å²) in [7, 11) is 3.30. The van der Waals surface area contributed by atoms with Gasteiger partial charge in [0.15, 0.2) is 0 Å². The monoisotopic (exact) mass is 451 g/mol. The average Bonchev–Trinajstić information content (AvgIpc) is 2.75. The van der Waals surface area contributed by atoms with E-state index in [0.717, 1.165) is 12.8 Å². The molecule has 1 rings (SSSR count). The van der Waals surface area contributed by atoms with Crippen LogP contribution >= 0.6 is 0 Å². The molecule has 0 aromatic heterocycles. The zero-order chi connectivity index (χ0) is 24.1. The van der Waals surface area contributed by atoms with E-state index in [2.05, 4.69) is 19.2 Å². The Labute approximate surface area is 192 Å². The smallest absolute Gasteiger partial charge is 0.255 e. The van der Waals surface area contributed by atoms with Crippen LogP contribution in [-0.2, 0) is 9.53 Å². The molecule has 1 aromatic rings. The number of para-hydroxylation sites is 1. The van der Waals surface area contributed by atoms with Gasteiger partial charge in [0, 0.05) is 46.8 Å². The number of hydrogen-bond donors (Lipinski definition) is 3. The molecule has 1 aromatic carbocycles. The molecular weight excluding hydrogens is 410 g/mol. The van der Waals surface area contributed by atoms with Crippen molar-refractivity contribution in [2.24, 2.45) is 17.6 Å². The minimum absolute atomic E-state index is 0.0772. The maximum atomic E-state index is 12.8. The van der Waals surface area contributed by atoms with Gasteiger partial charge in [-0.2, -0.15) is 0 Å². The Hall–Kier alpha value is -2.16. The summed E-state index contributed by atoms with van der Waals surface area (Å²) in [5.41, 5.74) is 6.70. The van der Waals surface area contributed by atoms with Gasteiger partial charge in [-0.05, 0) is 43.2 Å². The van der Waals surface area contributed by atoms with E-state index in [0.29, 0.717) is 37.5 Å². The molecule has 0 radical (unpaired) electrons. The van der Waals surface area contributed by atoms with Crippen LogP contribution < -0.4 is 15.8 Å². The minimum Gasteiger partial charge on any atom is -0.493 e. The molecule has 182 valence electrons. The van der Waals surface area contributed by atoms with Gasteiger partial charge in [-0.15, -0.1) is 0 Å². The van der Waals surface area contributed by atoms with E-state index >= 15 is 0 Å². The Morgan fingerprint density at radius 2 is 1.84 bits per heavy atom. The largest absolute Gasteiger partial charge is 0.493 e. The molecule has 8 heteroatoms. The fourth-order valence-corrected chi connectivity index (χ4v) is 3.27. The predicted octanol–water partition coefficient (Wildman–Crippen LogP) is 2.05. The molecule has 0 saturated heterocycles. The number of nitrogens with one attached hydrogen (secondary N) is 1. The van der Waals surface area contributed by atoms with Gasteiger partial charge in [0.25, 0.3) is 5.91 Å². The summed E-state index contributed by atoms with van der Waals surface area (Å²) < 4.78 is 10.8. The fraction of sp³-hybridized carbons (Fsp3) is 0.667. The second kappa shape index (κ2) is 14.8. The number of hydrogen-bond acceptors (Lipinski definition) is 6. The lowest BCUT2D eigenvalue weighted by Gasteiger charge is -2.29. The topological polar surface area (TPSA) is 114 Å². The SMILES string of the molecule is COCCCCOc1ccccc1C(=O)NCC(CC(N)C(O)CN(C)C(C)=O)C(C)C. The molecule has 32 heavy (non-hydrogen) atoms. The molecule has 8 nitrogen and oxygen atoms in total. The lowest BCUT2D eigenvalue weighted by Crippen LogP contribution is -2.46. The number of benzene rings is 1. The third kappa shape index (κ3) is 9.97. The Bertz CT molecular complexity index is 698. The summed E-state index contributed by atoms with van der Waals surface area (Å²) in [4.78, 5) is 25.7. The lowest BCUT2D eigenvalue weighted by atomic mass is 9.87. The van der Waals surface area contributed by atoms with Crippen molar-refractivity contribution in [1.82, 2.24) is 10.2 Å². The fourth-order valence-electron chi connectivity index (χ4n) is 3.27. The van der Waals surface area contributed by atoms with Crippen molar-refractivity contribution in [3.05, 3.63) is 29.8 Å². The summed E-state index contributed by atoms with van der Waals surface area (Å²) in [6.45, 7) is 7.40. The normalized spacial score (nSPS) is 14.0. The number of methoxy groups -OCH3 is 1. The molecule has 0 fully saturated rings. The molecule has 0 bridgehead atoms. The van der Waals surface area contributed by atoms with Crippen LogP contribution in [0.25, 0.3) is 0 Å². The maximum absolute atomic E-state index is 12.8. The summed E-state index contributed by atoms with van der Waals surface area (Å²) in [6.07, 6.45) is 1.45. The summed E-state index contributed by atoms with van der Waals surface area (Å²) >= 11 is 0. The molecule has 3 atom stereocenters. The molecule has 0 aliphatic heterocycles. The number of carbonyl (C=O) groups excluding carboxylic acids is 2. The van der Waals surface area contributed by atoms with E-state index in [4.69, 9.17) is 15.2 Å². The van der Waals surface area contributed by atoms with E-state index in [9.17, 15) is 14.7 Å². The van der Waals surface area contributed by atoms with E-state index < -0.39 is 12.1 Å². The number of nitrogens with zero attached hydrogens (tertiary/aromatic N) is 1. The maximum Gasteiger partial charge on any atom is 0.255 e. The van der Waals surface area contributed by atoms with Gasteiger partial charge in [0.2, 0.25) is 5.91 Å². The standard InChI is InChI=1S/C24H41N3O5/c1-17(2)19(14-21(25)22(29)16-27(4)18(3)28)15-26-24(30)20-10-6-7-11-23(20)32-13-9-8-12-31-5/h6-7,10-11,17,19,21-22,29H,8-9,12-16,25H2,1-5H3,(H,26,30). The molecule has 0 spiro atoms. The molecule has 0 heterocycles. The number of likely N-dealkylation sites (N-methyl/N-ethyl adjacent to an activating group) is 1. The van der Waals surface area contributed by atoms with Crippen molar-refractivity contribution in [2.45, 2.75) is 52.2 Å². The van der Waals surface area contributed by atoms with Crippen molar-refractivity contribution in [1.29, 1.82) is 0 Å². The van der Waals surface area contributed by atoms with Crippen LogP contribution in [0.15, 0.2) is 24.3 Å². The number of ether oxygens (including phenoxy) is 2. The first-order valence-electron chi connectivity index (χ1n) is 11.3. The first-order chi connectivity index (χ1) is 15.2. The Morgan fingerprint density at radius 3 is 2.47 bits per heavy atom. The Balaban J connectivity index is 2.65. The number of nitrogens with two attached hydrogens (primary N) is 1. The molecule has 0 aliphatic rings. The van der Waals surface area contributed by atoms with Gasteiger partial charge in [-0.3, -0.25) is 9.59 Å².